The van der Waals surface area contributed by atoms with Crippen LogP contribution in [-0.2, 0) is 17.1 Å². The number of rotatable bonds is 0. The first-order chi connectivity index (χ1) is 3.46. The number of nitrogens with zero attached hydrogens (tertiary/aromatic N) is 2. The predicted octanol–water partition coefficient (Wildman–Crippen LogP) is -0.105. The second-order valence-electron chi connectivity index (χ2n) is 0.447. The van der Waals surface area contributed by atoms with E-state index in [0.717, 1.165) is 0 Å². The zero-order valence-electron chi connectivity index (χ0n) is 4.65. The third-order valence-corrected chi connectivity index (χ3v) is 0. The van der Waals surface area contributed by atoms with Gasteiger partial charge >= 0.3 is 17.1 Å². The average molecular weight is 206 g/mol. The number of quaternary nitrogens is 1. The molecule has 0 saturated carbocycles. The van der Waals surface area contributed by atoms with Gasteiger partial charge in [0.1, 0.15) is 0 Å². The SMILES string of the molecule is O=[N+]([O-])[O-].O=[N+]([O-])[O-].[Cu+].[NH4+]. The summed E-state index contributed by atoms with van der Waals surface area (Å²) in [6.07, 6.45) is 0. The van der Waals surface area contributed by atoms with Crippen LogP contribution in [0.25, 0.3) is 0 Å². The van der Waals surface area contributed by atoms with Crippen LogP contribution in [0.4, 0.5) is 0 Å². The van der Waals surface area contributed by atoms with Crippen molar-refractivity contribution in [1.82, 2.24) is 6.15 Å². The molecule has 0 saturated heterocycles. The van der Waals surface area contributed by atoms with Gasteiger partial charge in [-0.15, -0.1) is 0 Å². The maximum Gasteiger partial charge on any atom is 1.00 e. The van der Waals surface area contributed by atoms with Gasteiger partial charge in [0.2, 0.25) is 0 Å². The quantitative estimate of drug-likeness (QED) is 0.329. The molecule has 4 N–H and O–H groups in total. The van der Waals surface area contributed by atoms with E-state index < -0.39 is 10.2 Å². The molecule has 0 aromatic rings. The van der Waals surface area contributed by atoms with Gasteiger partial charge < -0.3 is 36.8 Å². The summed E-state index contributed by atoms with van der Waals surface area (Å²) in [5.41, 5.74) is 0. The zero-order valence-corrected chi connectivity index (χ0v) is 5.59. The maximum atomic E-state index is 8.25. The third-order valence-electron chi connectivity index (χ3n) is 0. The smallest absolute Gasteiger partial charge is 0.369 e. The molecule has 9 nitrogen and oxygen atoms in total. The molecule has 0 spiro atoms. The van der Waals surface area contributed by atoms with Gasteiger partial charge in [-0.1, -0.05) is 0 Å². The van der Waals surface area contributed by atoms with Gasteiger partial charge in [-0.2, -0.15) is 0 Å². The Balaban J connectivity index is -0.0000000300. The fraction of sp³-hybridized carbons (Fsp3) is 0. The Morgan fingerprint density at radius 1 is 0.800 bits per heavy atom. The topological polar surface area (TPSA) is 169 Å². The molecule has 0 unspecified atom stereocenters. The summed E-state index contributed by atoms with van der Waals surface area (Å²) in [6.45, 7) is 0. The molecule has 0 rings (SSSR count). The third kappa shape index (κ3) is 189. The average Bonchev–Trinajstić information content (AvgIpc) is 1.25. The molecule has 0 amide bonds. The van der Waals surface area contributed by atoms with Crippen molar-refractivity contribution in [3.63, 3.8) is 0 Å². The van der Waals surface area contributed by atoms with Crippen molar-refractivity contribution in [2.45, 2.75) is 0 Å². The molecule has 0 fully saturated rings. The number of hydrogen-bond acceptors (Lipinski definition) is 6. The molecule has 0 aliphatic heterocycles. The normalized spacial score (nSPS) is 4.80. The van der Waals surface area contributed by atoms with E-state index in [-0.39, 0.29) is 23.2 Å². The Hall–Kier alpha value is -1.12. The molecule has 0 bridgehead atoms. The Morgan fingerprint density at radius 2 is 0.800 bits per heavy atom. The molecule has 0 aromatic carbocycles. The number of hydrogen-bond donors (Lipinski definition) is 1. The first-order valence-corrected chi connectivity index (χ1v) is 1.10. The molecule has 0 atom stereocenters. The summed E-state index contributed by atoms with van der Waals surface area (Å²) in [5.74, 6) is 0. The zero-order chi connectivity index (χ0) is 7.15. The summed E-state index contributed by atoms with van der Waals surface area (Å²) in [4.78, 5) is 16.5. The van der Waals surface area contributed by atoms with Gasteiger partial charge in [0.15, 0.2) is 0 Å². The molecule has 0 radical (unpaired) electrons. The van der Waals surface area contributed by atoms with Crippen molar-refractivity contribution in [2.75, 3.05) is 0 Å². The molecule has 66 valence electrons. The van der Waals surface area contributed by atoms with Crippen molar-refractivity contribution in [2.24, 2.45) is 0 Å². The minimum Gasteiger partial charge on any atom is -0.369 e. The van der Waals surface area contributed by atoms with Crippen molar-refractivity contribution >= 4 is 0 Å². The first kappa shape index (κ1) is 23.2. The fourth-order valence-corrected chi connectivity index (χ4v) is 0. The van der Waals surface area contributed by atoms with Crippen LogP contribution in [0.2, 0.25) is 0 Å². The monoisotopic (exact) mass is 205 g/mol. The summed E-state index contributed by atoms with van der Waals surface area (Å²) >= 11 is 0. The summed E-state index contributed by atoms with van der Waals surface area (Å²) in [7, 11) is 0. The minimum atomic E-state index is -1.75. The van der Waals surface area contributed by atoms with E-state index >= 15 is 0 Å². The summed E-state index contributed by atoms with van der Waals surface area (Å²) in [5, 5.41) is 29.5. The second kappa shape index (κ2) is 15.7. The van der Waals surface area contributed by atoms with Crippen LogP contribution < -0.4 is 6.15 Å². The molecule has 0 heterocycles. The first-order valence-electron chi connectivity index (χ1n) is 1.10. The standard InChI is InChI=1S/Cu.2NO3.H3N/c;2*2-1(3)4;/h;;;1H3/q+1;2*-1;/p+1. The maximum absolute atomic E-state index is 8.25. The Kier molecular flexibility index (Phi) is 36.3. The van der Waals surface area contributed by atoms with Crippen LogP contribution in [-0.4, -0.2) is 10.2 Å². The Bertz CT molecular complexity index is 71.0. The van der Waals surface area contributed by atoms with E-state index in [2.05, 4.69) is 0 Å². The van der Waals surface area contributed by atoms with Crippen LogP contribution in [0.1, 0.15) is 0 Å². The molecule has 10 heavy (non-hydrogen) atoms. The van der Waals surface area contributed by atoms with E-state index in [0.29, 0.717) is 0 Å². The van der Waals surface area contributed by atoms with E-state index in [9.17, 15) is 0 Å². The second-order valence-corrected chi connectivity index (χ2v) is 0.447. The predicted molar refractivity (Wildman–Crippen MR) is 26.7 cm³/mol. The van der Waals surface area contributed by atoms with Crippen molar-refractivity contribution in [3.8, 4) is 0 Å². The van der Waals surface area contributed by atoms with Gasteiger partial charge in [-0.25, -0.2) is 0 Å². The van der Waals surface area contributed by atoms with Crippen LogP contribution in [0.5, 0.6) is 0 Å². The van der Waals surface area contributed by atoms with Gasteiger partial charge in [0.05, 0.1) is 10.2 Å². The molecule has 10 heteroatoms. The van der Waals surface area contributed by atoms with Crippen molar-refractivity contribution in [1.29, 1.82) is 0 Å². The van der Waals surface area contributed by atoms with Gasteiger partial charge in [-0.05, 0) is 0 Å². The van der Waals surface area contributed by atoms with Crippen LogP contribution in [0, 0.1) is 30.6 Å². The fourth-order valence-electron chi connectivity index (χ4n) is 0. The van der Waals surface area contributed by atoms with Crippen molar-refractivity contribution < 1.29 is 27.2 Å². The minimum absolute atomic E-state index is 0. The van der Waals surface area contributed by atoms with E-state index in [1.807, 2.05) is 0 Å². The molecular formula is H4CuN3O6. The van der Waals surface area contributed by atoms with Gasteiger partial charge in [0, 0.05) is 0 Å². The molecule has 0 aliphatic carbocycles. The van der Waals surface area contributed by atoms with E-state index in [1.165, 1.54) is 0 Å². The van der Waals surface area contributed by atoms with E-state index in [4.69, 9.17) is 30.6 Å². The van der Waals surface area contributed by atoms with E-state index in [1.54, 1.807) is 0 Å². The van der Waals surface area contributed by atoms with Gasteiger partial charge in [-0.3, -0.25) is 0 Å². The molecular weight excluding hydrogens is 202 g/mol. The summed E-state index contributed by atoms with van der Waals surface area (Å²) < 4.78 is 0. The molecule has 0 aromatic heterocycles. The largest absolute Gasteiger partial charge is 1.00 e. The van der Waals surface area contributed by atoms with Crippen LogP contribution in [0.3, 0.4) is 0 Å². The Labute approximate surface area is 64.9 Å². The Morgan fingerprint density at radius 3 is 0.800 bits per heavy atom. The van der Waals surface area contributed by atoms with Crippen molar-refractivity contribution in [3.05, 3.63) is 30.6 Å². The van der Waals surface area contributed by atoms with Crippen LogP contribution >= 0.6 is 0 Å². The molecule has 0 aliphatic rings. The van der Waals surface area contributed by atoms with Gasteiger partial charge in [0.25, 0.3) is 0 Å². The summed E-state index contributed by atoms with van der Waals surface area (Å²) in [6, 6.07) is 0. The van der Waals surface area contributed by atoms with Crippen LogP contribution in [0.15, 0.2) is 0 Å².